The smallest absolute Gasteiger partial charge is 0.160 e. The maximum Gasteiger partial charge on any atom is 0.160 e. The molecule has 0 saturated heterocycles. The Balaban J connectivity index is 1.51. The second-order valence-electron chi connectivity index (χ2n) is 6.53. The van der Waals surface area contributed by atoms with E-state index in [0.717, 1.165) is 29.4 Å². The van der Waals surface area contributed by atoms with Crippen molar-refractivity contribution in [2.45, 2.75) is 38.1 Å². The van der Waals surface area contributed by atoms with Crippen molar-refractivity contribution in [2.75, 3.05) is 5.32 Å². The van der Waals surface area contributed by atoms with E-state index in [-0.39, 0.29) is 0 Å². The lowest BCUT2D eigenvalue weighted by Crippen LogP contribution is -2.33. The van der Waals surface area contributed by atoms with Crippen molar-refractivity contribution in [3.63, 3.8) is 0 Å². The first-order valence-electron chi connectivity index (χ1n) is 7.44. The minimum absolute atomic E-state index is 0.467. The zero-order chi connectivity index (χ0) is 13.0. The van der Waals surface area contributed by atoms with E-state index in [1.54, 1.807) is 6.07 Å². The monoisotopic (exact) mass is 263 g/mol. The van der Waals surface area contributed by atoms with Gasteiger partial charge in [0.1, 0.15) is 0 Å². The molecule has 19 heavy (non-hydrogen) atoms. The van der Waals surface area contributed by atoms with Crippen molar-refractivity contribution in [1.29, 1.82) is 0 Å². The van der Waals surface area contributed by atoms with Crippen LogP contribution >= 0.6 is 0 Å². The van der Waals surface area contributed by atoms with E-state index in [1.165, 1.54) is 44.2 Å². The van der Waals surface area contributed by atoms with Gasteiger partial charge in [-0.15, -0.1) is 0 Å². The molecule has 0 amide bonds. The number of hydrogen-bond donors (Lipinski definition) is 1. The van der Waals surface area contributed by atoms with E-state index in [2.05, 4.69) is 5.32 Å². The average molecular weight is 263 g/mol. The standard InChI is InChI=1S/C16H19F2N/c17-14-5-4-10(8-15(14)18)19-16-7-9-6-13(16)12-3-1-2-11(9)12/h4-5,8-9,11-13,16,19H,1-3,6-7H2. The average Bonchev–Trinajstić information content (AvgIpc) is 3.05. The molecule has 1 N–H and O–H groups in total. The molecule has 4 rings (SSSR count). The van der Waals surface area contributed by atoms with Crippen LogP contribution in [-0.4, -0.2) is 6.04 Å². The molecule has 0 spiro atoms. The predicted molar refractivity (Wildman–Crippen MR) is 70.8 cm³/mol. The first-order valence-corrected chi connectivity index (χ1v) is 7.44. The van der Waals surface area contributed by atoms with Crippen molar-refractivity contribution in [3.05, 3.63) is 29.8 Å². The Kier molecular flexibility index (Phi) is 2.58. The molecule has 0 heterocycles. The van der Waals surface area contributed by atoms with Crippen molar-refractivity contribution < 1.29 is 8.78 Å². The third kappa shape index (κ3) is 1.78. The number of hydrogen-bond acceptors (Lipinski definition) is 1. The fraction of sp³-hybridized carbons (Fsp3) is 0.625. The van der Waals surface area contributed by atoms with Gasteiger partial charge < -0.3 is 5.32 Å². The molecule has 3 saturated carbocycles. The van der Waals surface area contributed by atoms with Gasteiger partial charge in [0, 0.05) is 17.8 Å². The molecule has 0 radical (unpaired) electrons. The summed E-state index contributed by atoms with van der Waals surface area (Å²) in [6, 6.07) is 4.61. The van der Waals surface area contributed by atoms with Gasteiger partial charge in [0.25, 0.3) is 0 Å². The number of nitrogens with one attached hydrogen (secondary N) is 1. The van der Waals surface area contributed by atoms with Crippen molar-refractivity contribution in [3.8, 4) is 0 Å². The van der Waals surface area contributed by atoms with E-state index in [0.29, 0.717) is 6.04 Å². The van der Waals surface area contributed by atoms with Gasteiger partial charge in [0.05, 0.1) is 0 Å². The number of anilines is 1. The zero-order valence-electron chi connectivity index (χ0n) is 10.9. The van der Waals surface area contributed by atoms with Gasteiger partial charge >= 0.3 is 0 Å². The molecule has 5 unspecified atom stereocenters. The molecule has 0 aliphatic heterocycles. The van der Waals surface area contributed by atoms with E-state index in [1.807, 2.05) is 0 Å². The highest BCUT2D eigenvalue weighted by Gasteiger charge is 2.53. The van der Waals surface area contributed by atoms with Gasteiger partial charge in [0.2, 0.25) is 0 Å². The van der Waals surface area contributed by atoms with Gasteiger partial charge in [-0.3, -0.25) is 0 Å². The molecule has 1 aromatic rings. The van der Waals surface area contributed by atoms with Crippen molar-refractivity contribution >= 4 is 5.69 Å². The molecule has 5 atom stereocenters. The maximum atomic E-state index is 13.2. The van der Waals surface area contributed by atoms with Crippen LogP contribution in [0.3, 0.4) is 0 Å². The molecule has 1 nitrogen and oxygen atoms in total. The first-order chi connectivity index (χ1) is 9.22. The Bertz CT molecular complexity index is 502. The number of rotatable bonds is 2. The second kappa shape index (κ2) is 4.19. The third-order valence-electron chi connectivity index (χ3n) is 5.70. The molecule has 102 valence electrons. The van der Waals surface area contributed by atoms with Gasteiger partial charge in [-0.1, -0.05) is 6.42 Å². The molecule has 2 bridgehead atoms. The van der Waals surface area contributed by atoms with Crippen LogP contribution in [0.2, 0.25) is 0 Å². The Morgan fingerprint density at radius 3 is 2.63 bits per heavy atom. The minimum Gasteiger partial charge on any atom is -0.382 e. The highest BCUT2D eigenvalue weighted by Crippen LogP contribution is 2.59. The summed E-state index contributed by atoms with van der Waals surface area (Å²) in [5.74, 6) is 1.96. The molecule has 1 aromatic carbocycles. The summed E-state index contributed by atoms with van der Waals surface area (Å²) in [7, 11) is 0. The normalized spacial score (nSPS) is 39.6. The van der Waals surface area contributed by atoms with Gasteiger partial charge in [-0.25, -0.2) is 8.78 Å². The molecule has 3 aliphatic rings. The van der Waals surface area contributed by atoms with E-state index in [9.17, 15) is 8.78 Å². The van der Waals surface area contributed by atoms with Crippen molar-refractivity contribution in [1.82, 2.24) is 0 Å². The van der Waals surface area contributed by atoms with Crippen LogP contribution in [0.1, 0.15) is 32.1 Å². The van der Waals surface area contributed by atoms with Crippen LogP contribution in [0.25, 0.3) is 0 Å². The summed E-state index contributed by atoms with van der Waals surface area (Å²) in [5, 5.41) is 3.45. The number of benzene rings is 1. The Hall–Kier alpha value is -1.12. The van der Waals surface area contributed by atoms with Crippen LogP contribution in [0.4, 0.5) is 14.5 Å². The molecule has 0 aromatic heterocycles. The quantitative estimate of drug-likeness (QED) is 0.843. The highest BCUT2D eigenvalue weighted by molar-refractivity contribution is 5.45. The molecular weight excluding hydrogens is 244 g/mol. The first kappa shape index (κ1) is 11.7. The van der Waals surface area contributed by atoms with E-state index in [4.69, 9.17) is 0 Å². The fourth-order valence-electron chi connectivity index (χ4n) is 5.03. The summed E-state index contributed by atoms with van der Waals surface area (Å²) < 4.78 is 26.2. The second-order valence-corrected chi connectivity index (χ2v) is 6.53. The summed E-state index contributed by atoms with van der Waals surface area (Å²) >= 11 is 0. The Morgan fingerprint density at radius 2 is 1.79 bits per heavy atom. The lowest BCUT2D eigenvalue weighted by molar-refractivity contribution is 0.243. The SMILES string of the molecule is Fc1ccc(NC2CC3CC2C2CCCC32)cc1F. The van der Waals surface area contributed by atoms with Crippen LogP contribution in [-0.2, 0) is 0 Å². The summed E-state index contributed by atoms with van der Waals surface area (Å²) in [5.41, 5.74) is 0.728. The summed E-state index contributed by atoms with van der Waals surface area (Å²) in [6.07, 6.45) is 6.74. The van der Waals surface area contributed by atoms with Gasteiger partial charge in [-0.05, 0) is 61.5 Å². The predicted octanol–water partition coefficient (Wildman–Crippen LogP) is 4.20. The lowest BCUT2D eigenvalue weighted by atomic mass is 9.79. The van der Waals surface area contributed by atoms with Crippen LogP contribution in [0.15, 0.2) is 18.2 Å². The topological polar surface area (TPSA) is 12.0 Å². The van der Waals surface area contributed by atoms with Crippen LogP contribution < -0.4 is 5.32 Å². The fourth-order valence-corrected chi connectivity index (χ4v) is 5.03. The third-order valence-corrected chi connectivity index (χ3v) is 5.70. The molecule has 3 aliphatic carbocycles. The van der Waals surface area contributed by atoms with Crippen LogP contribution in [0.5, 0.6) is 0 Å². The minimum atomic E-state index is -0.769. The van der Waals surface area contributed by atoms with Crippen LogP contribution in [0, 0.1) is 35.3 Å². The van der Waals surface area contributed by atoms with E-state index >= 15 is 0 Å². The maximum absolute atomic E-state index is 13.2. The largest absolute Gasteiger partial charge is 0.382 e. The number of fused-ring (bicyclic) bond motifs is 5. The van der Waals surface area contributed by atoms with Gasteiger partial charge in [0.15, 0.2) is 11.6 Å². The van der Waals surface area contributed by atoms with E-state index < -0.39 is 11.6 Å². The number of halogens is 2. The Labute approximate surface area is 112 Å². The zero-order valence-corrected chi connectivity index (χ0v) is 10.9. The molecule has 3 fully saturated rings. The Morgan fingerprint density at radius 1 is 0.947 bits per heavy atom. The summed E-state index contributed by atoms with van der Waals surface area (Å²) in [4.78, 5) is 0. The van der Waals surface area contributed by atoms with Gasteiger partial charge in [-0.2, -0.15) is 0 Å². The highest BCUT2D eigenvalue weighted by atomic mass is 19.2. The summed E-state index contributed by atoms with van der Waals surface area (Å²) in [6.45, 7) is 0. The van der Waals surface area contributed by atoms with Crippen molar-refractivity contribution in [2.24, 2.45) is 23.7 Å². The molecular formula is C16H19F2N. The molecule has 3 heteroatoms. The lowest BCUT2D eigenvalue weighted by Gasteiger charge is -2.32.